The van der Waals surface area contributed by atoms with Crippen molar-refractivity contribution in [2.24, 2.45) is 5.92 Å². The summed E-state index contributed by atoms with van der Waals surface area (Å²) >= 11 is 0. The molecule has 2 aliphatic rings. The average Bonchev–Trinajstić information content (AvgIpc) is 3.40. The number of hydrogen-bond donors (Lipinski definition) is 2. The standard InChI is InChI=1S/C21H32N2O3/c1-14(17-6-8-20(26-3)9-7-17)15(2)22-18-10-19(11-18)23(13-21(24)25)12-16-4-5-16/h6-9,14-16,18-19,22H,4-5,10-13H2,1-3H3,(H,24,25). The summed E-state index contributed by atoms with van der Waals surface area (Å²) in [5.74, 6) is 1.33. The molecule has 0 saturated heterocycles. The fourth-order valence-corrected chi connectivity index (χ4v) is 3.88. The van der Waals surface area contributed by atoms with E-state index >= 15 is 0 Å². The van der Waals surface area contributed by atoms with Gasteiger partial charge in [-0.3, -0.25) is 9.69 Å². The van der Waals surface area contributed by atoms with Gasteiger partial charge in [-0.1, -0.05) is 19.1 Å². The van der Waals surface area contributed by atoms with Crippen LogP contribution in [0.4, 0.5) is 0 Å². The SMILES string of the molecule is COc1ccc(C(C)C(C)NC2CC(N(CC(=O)O)CC3CC3)C2)cc1. The van der Waals surface area contributed by atoms with E-state index in [1.165, 1.54) is 18.4 Å². The summed E-state index contributed by atoms with van der Waals surface area (Å²) in [7, 11) is 1.69. The molecular formula is C21H32N2O3. The van der Waals surface area contributed by atoms with Crippen molar-refractivity contribution in [2.75, 3.05) is 20.2 Å². The summed E-state index contributed by atoms with van der Waals surface area (Å²) in [5, 5.41) is 12.9. The summed E-state index contributed by atoms with van der Waals surface area (Å²) in [6, 6.07) is 9.59. The minimum Gasteiger partial charge on any atom is -0.497 e. The van der Waals surface area contributed by atoms with Gasteiger partial charge in [0.1, 0.15) is 5.75 Å². The number of carboxylic acids is 1. The highest BCUT2D eigenvalue weighted by Gasteiger charge is 2.37. The van der Waals surface area contributed by atoms with Gasteiger partial charge < -0.3 is 15.2 Å². The molecule has 0 radical (unpaired) electrons. The van der Waals surface area contributed by atoms with Crippen LogP contribution >= 0.6 is 0 Å². The molecule has 1 aromatic rings. The van der Waals surface area contributed by atoms with Crippen LogP contribution in [-0.4, -0.2) is 54.3 Å². The molecule has 5 nitrogen and oxygen atoms in total. The molecule has 2 aliphatic carbocycles. The van der Waals surface area contributed by atoms with Gasteiger partial charge in [0.2, 0.25) is 0 Å². The molecule has 3 rings (SSSR count). The Labute approximate surface area is 156 Å². The topological polar surface area (TPSA) is 61.8 Å². The van der Waals surface area contributed by atoms with Gasteiger partial charge >= 0.3 is 5.97 Å². The largest absolute Gasteiger partial charge is 0.497 e. The van der Waals surface area contributed by atoms with Crippen molar-refractivity contribution >= 4 is 5.97 Å². The predicted octanol–water partition coefficient (Wildman–Crippen LogP) is 3.10. The normalized spacial score (nSPS) is 24.8. The van der Waals surface area contributed by atoms with Gasteiger partial charge in [-0.15, -0.1) is 0 Å². The minimum absolute atomic E-state index is 0.186. The third-order valence-corrected chi connectivity index (χ3v) is 6.05. The second kappa shape index (κ2) is 8.40. The summed E-state index contributed by atoms with van der Waals surface area (Å²) in [6.45, 7) is 5.63. The van der Waals surface area contributed by atoms with Crippen LogP contribution in [0.2, 0.25) is 0 Å². The molecule has 2 fully saturated rings. The second-order valence-corrected chi connectivity index (χ2v) is 8.11. The van der Waals surface area contributed by atoms with Crippen LogP contribution in [0.3, 0.4) is 0 Å². The van der Waals surface area contributed by atoms with Crippen molar-refractivity contribution in [2.45, 2.75) is 63.6 Å². The lowest BCUT2D eigenvalue weighted by atomic mass is 9.83. The van der Waals surface area contributed by atoms with E-state index in [1.807, 2.05) is 12.1 Å². The molecular weight excluding hydrogens is 328 g/mol. The summed E-state index contributed by atoms with van der Waals surface area (Å²) in [6.07, 6.45) is 4.64. The summed E-state index contributed by atoms with van der Waals surface area (Å²) < 4.78 is 5.23. The third-order valence-electron chi connectivity index (χ3n) is 6.05. The molecule has 1 aromatic carbocycles. The number of carbonyl (C=O) groups is 1. The lowest BCUT2D eigenvalue weighted by Crippen LogP contribution is -2.56. The Bertz CT molecular complexity index is 594. The van der Waals surface area contributed by atoms with Gasteiger partial charge in [-0.25, -0.2) is 0 Å². The van der Waals surface area contributed by atoms with Gasteiger partial charge in [-0.2, -0.15) is 0 Å². The molecule has 2 saturated carbocycles. The van der Waals surface area contributed by atoms with Gasteiger partial charge in [0.25, 0.3) is 0 Å². The highest BCUT2D eigenvalue weighted by Crippen LogP contribution is 2.34. The molecule has 0 heterocycles. The maximum absolute atomic E-state index is 11.1. The molecule has 0 aliphatic heterocycles. The van der Waals surface area contributed by atoms with Crippen molar-refractivity contribution in [3.63, 3.8) is 0 Å². The number of nitrogens with one attached hydrogen (secondary N) is 1. The fourth-order valence-electron chi connectivity index (χ4n) is 3.88. The number of methoxy groups -OCH3 is 1. The number of carboxylic acid groups (broad SMARTS) is 1. The number of hydrogen-bond acceptors (Lipinski definition) is 4. The lowest BCUT2D eigenvalue weighted by Gasteiger charge is -2.44. The number of rotatable bonds is 10. The zero-order valence-electron chi connectivity index (χ0n) is 16.1. The van der Waals surface area contributed by atoms with Crippen LogP contribution < -0.4 is 10.1 Å². The average molecular weight is 360 g/mol. The predicted molar refractivity (Wildman–Crippen MR) is 103 cm³/mol. The van der Waals surface area contributed by atoms with Crippen LogP contribution in [0, 0.1) is 5.92 Å². The highest BCUT2D eigenvalue weighted by atomic mass is 16.5. The first-order chi connectivity index (χ1) is 12.5. The Kier molecular flexibility index (Phi) is 6.20. The van der Waals surface area contributed by atoms with Gasteiger partial charge in [-0.05, 0) is 62.1 Å². The molecule has 2 unspecified atom stereocenters. The molecule has 26 heavy (non-hydrogen) atoms. The zero-order chi connectivity index (χ0) is 18.7. The Balaban J connectivity index is 1.46. The Hall–Kier alpha value is -1.59. The second-order valence-electron chi connectivity index (χ2n) is 8.11. The molecule has 5 heteroatoms. The van der Waals surface area contributed by atoms with Gasteiger partial charge in [0.15, 0.2) is 0 Å². The Morgan fingerprint density at radius 2 is 1.92 bits per heavy atom. The molecule has 2 atom stereocenters. The number of aliphatic carboxylic acids is 1. The van der Waals surface area contributed by atoms with Crippen molar-refractivity contribution in [1.29, 1.82) is 0 Å². The monoisotopic (exact) mass is 360 g/mol. The summed E-state index contributed by atoms with van der Waals surface area (Å²) in [5.41, 5.74) is 1.31. The summed E-state index contributed by atoms with van der Waals surface area (Å²) in [4.78, 5) is 13.3. The lowest BCUT2D eigenvalue weighted by molar-refractivity contribution is -0.139. The van der Waals surface area contributed by atoms with Crippen LogP contribution in [0.1, 0.15) is 51.0 Å². The van der Waals surface area contributed by atoms with Gasteiger partial charge in [0.05, 0.1) is 13.7 Å². The van der Waals surface area contributed by atoms with E-state index in [9.17, 15) is 4.79 Å². The van der Waals surface area contributed by atoms with Crippen LogP contribution in [0.25, 0.3) is 0 Å². The molecule has 0 aromatic heterocycles. The van der Waals surface area contributed by atoms with E-state index in [2.05, 4.69) is 36.2 Å². The molecule has 2 N–H and O–H groups in total. The van der Waals surface area contributed by atoms with E-state index in [1.54, 1.807) is 7.11 Å². The van der Waals surface area contributed by atoms with E-state index < -0.39 is 5.97 Å². The van der Waals surface area contributed by atoms with Crippen LogP contribution in [0.15, 0.2) is 24.3 Å². The van der Waals surface area contributed by atoms with Crippen molar-refractivity contribution in [3.8, 4) is 5.75 Å². The molecule has 0 amide bonds. The quantitative estimate of drug-likeness (QED) is 0.671. The first kappa shape index (κ1) is 19.2. The number of nitrogens with zero attached hydrogens (tertiary/aromatic N) is 1. The fraction of sp³-hybridized carbons (Fsp3) is 0.667. The van der Waals surface area contributed by atoms with Crippen molar-refractivity contribution in [1.82, 2.24) is 10.2 Å². The van der Waals surface area contributed by atoms with Crippen molar-refractivity contribution < 1.29 is 14.6 Å². The van der Waals surface area contributed by atoms with E-state index in [0.29, 0.717) is 24.0 Å². The van der Waals surface area contributed by atoms with Crippen LogP contribution in [-0.2, 0) is 4.79 Å². The van der Waals surface area contributed by atoms with E-state index in [0.717, 1.165) is 31.1 Å². The van der Waals surface area contributed by atoms with Gasteiger partial charge in [0, 0.05) is 24.7 Å². The number of benzene rings is 1. The maximum atomic E-state index is 11.1. The molecule has 0 spiro atoms. The van der Waals surface area contributed by atoms with Crippen LogP contribution in [0.5, 0.6) is 5.75 Å². The molecule has 0 bridgehead atoms. The third kappa shape index (κ3) is 4.98. The number of ether oxygens (including phenoxy) is 1. The Morgan fingerprint density at radius 3 is 2.46 bits per heavy atom. The van der Waals surface area contributed by atoms with E-state index in [4.69, 9.17) is 9.84 Å². The first-order valence-corrected chi connectivity index (χ1v) is 9.82. The Morgan fingerprint density at radius 1 is 1.27 bits per heavy atom. The highest BCUT2D eigenvalue weighted by molar-refractivity contribution is 5.69. The zero-order valence-corrected chi connectivity index (χ0v) is 16.1. The maximum Gasteiger partial charge on any atom is 0.317 e. The smallest absolute Gasteiger partial charge is 0.317 e. The molecule has 144 valence electrons. The van der Waals surface area contributed by atoms with Crippen molar-refractivity contribution in [3.05, 3.63) is 29.8 Å². The van der Waals surface area contributed by atoms with E-state index in [-0.39, 0.29) is 6.54 Å². The first-order valence-electron chi connectivity index (χ1n) is 9.82. The minimum atomic E-state index is -0.705.